The Morgan fingerprint density at radius 2 is 2.12 bits per heavy atom. The van der Waals surface area contributed by atoms with Gasteiger partial charge in [0.05, 0.1) is 6.54 Å². The smallest absolute Gasteiger partial charge is 0.122 e. The molecule has 0 radical (unpaired) electrons. The van der Waals surface area contributed by atoms with Crippen LogP contribution in [0.5, 0.6) is 0 Å². The monoisotopic (exact) mass is 246 g/mol. The molecular formula is C14H18N2S. The zero-order valence-electron chi connectivity index (χ0n) is 10.4. The van der Waals surface area contributed by atoms with Gasteiger partial charge in [0.1, 0.15) is 4.64 Å². The minimum absolute atomic E-state index is 0.824. The average Bonchev–Trinajstić information content (AvgIpc) is 2.60. The lowest BCUT2D eigenvalue weighted by molar-refractivity contribution is 0.660. The third-order valence-electron chi connectivity index (χ3n) is 2.78. The van der Waals surface area contributed by atoms with Gasteiger partial charge in [-0.2, -0.15) is 0 Å². The Morgan fingerprint density at radius 1 is 1.29 bits per heavy atom. The molecule has 0 saturated heterocycles. The molecule has 0 saturated carbocycles. The van der Waals surface area contributed by atoms with E-state index in [4.69, 9.17) is 12.2 Å². The van der Waals surface area contributed by atoms with Crippen LogP contribution in [-0.2, 0) is 13.0 Å². The van der Waals surface area contributed by atoms with E-state index in [1.54, 1.807) is 0 Å². The van der Waals surface area contributed by atoms with Crippen molar-refractivity contribution in [2.24, 2.45) is 0 Å². The topological polar surface area (TPSA) is 20.7 Å². The zero-order chi connectivity index (χ0) is 12.3. The maximum atomic E-state index is 5.35. The second kappa shape index (κ2) is 5.32. The number of aromatic amines is 1. The lowest BCUT2D eigenvalue weighted by Gasteiger charge is -2.04. The number of aromatic nitrogens is 2. The van der Waals surface area contributed by atoms with Gasteiger partial charge in [0.25, 0.3) is 0 Å². The van der Waals surface area contributed by atoms with Crippen molar-refractivity contribution in [3.63, 3.8) is 0 Å². The van der Waals surface area contributed by atoms with Crippen LogP contribution in [0.1, 0.15) is 30.2 Å². The predicted octanol–water partition coefficient (Wildman–Crippen LogP) is 3.85. The highest BCUT2D eigenvalue weighted by Crippen LogP contribution is 2.08. The van der Waals surface area contributed by atoms with Crippen LogP contribution >= 0.6 is 12.2 Å². The van der Waals surface area contributed by atoms with Gasteiger partial charge in [-0.05, 0) is 25.0 Å². The molecule has 1 aromatic heterocycles. The molecule has 17 heavy (non-hydrogen) atoms. The van der Waals surface area contributed by atoms with Crippen molar-refractivity contribution in [1.82, 2.24) is 9.78 Å². The van der Waals surface area contributed by atoms with E-state index in [1.807, 2.05) is 4.68 Å². The van der Waals surface area contributed by atoms with Gasteiger partial charge in [0.15, 0.2) is 0 Å². The normalized spacial score (nSPS) is 10.7. The van der Waals surface area contributed by atoms with Crippen molar-refractivity contribution in [1.29, 1.82) is 0 Å². The Hall–Kier alpha value is -1.35. The molecule has 0 spiro atoms. The van der Waals surface area contributed by atoms with Crippen LogP contribution in [0.4, 0.5) is 0 Å². The third-order valence-corrected chi connectivity index (χ3v) is 3.12. The minimum Gasteiger partial charge on any atom is -0.301 e. The van der Waals surface area contributed by atoms with Crippen molar-refractivity contribution in [3.8, 4) is 0 Å². The quantitative estimate of drug-likeness (QED) is 0.813. The highest BCUT2D eigenvalue weighted by Gasteiger charge is 2.01. The minimum atomic E-state index is 0.824. The SMILES string of the molecule is CCCc1cc(=S)n(Cc2cccc(C)c2)[nH]1. The molecule has 2 nitrogen and oxygen atoms in total. The van der Waals surface area contributed by atoms with Crippen LogP contribution in [0, 0.1) is 11.6 Å². The molecule has 0 atom stereocenters. The van der Waals surface area contributed by atoms with E-state index in [-0.39, 0.29) is 0 Å². The Morgan fingerprint density at radius 3 is 2.82 bits per heavy atom. The average molecular weight is 246 g/mol. The predicted molar refractivity (Wildman–Crippen MR) is 73.9 cm³/mol. The van der Waals surface area contributed by atoms with Gasteiger partial charge in [-0.1, -0.05) is 55.4 Å². The summed E-state index contributed by atoms with van der Waals surface area (Å²) in [6.07, 6.45) is 2.20. The van der Waals surface area contributed by atoms with Gasteiger partial charge in [0, 0.05) is 5.69 Å². The first kappa shape index (κ1) is 12.1. The maximum absolute atomic E-state index is 5.35. The number of aryl methyl sites for hydroxylation is 2. The Labute approximate surface area is 107 Å². The van der Waals surface area contributed by atoms with Gasteiger partial charge in [-0.25, -0.2) is 0 Å². The van der Waals surface area contributed by atoms with Gasteiger partial charge in [-0.3, -0.25) is 4.68 Å². The fraction of sp³-hybridized carbons (Fsp3) is 0.357. The number of hydrogen-bond acceptors (Lipinski definition) is 1. The third kappa shape index (κ3) is 3.07. The summed E-state index contributed by atoms with van der Waals surface area (Å²) in [5.74, 6) is 0. The second-order valence-electron chi connectivity index (χ2n) is 4.44. The molecule has 0 amide bonds. The fourth-order valence-electron chi connectivity index (χ4n) is 2.00. The van der Waals surface area contributed by atoms with E-state index in [1.165, 1.54) is 16.8 Å². The van der Waals surface area contributed by atoms with E-state index in [0.29, 0.717) is 0 Å². The highest BCUT2D eigenvalue weighted by atomic mass is 32.1. The van der Waals surface area contributed by atoms with Crippen molar-refractivity contribution in [2.45, 2.75) is 33.2 Å². The Bertz CT molecular complexity index is 551. The fourth-order valence-corrected chi connectivity index (χ4v) is 2.25. The number of H-pyrrole nitrogens is 1. The van der Waals surface area contributed by atoms with E-state index < -0.39 is 0 Å². The summed E-state index contributed by atoms with van der Waals surface area (Å²) in [4.78, 5) is 0. The molecule has 0 aliphatic carbocycles. The number of hydrogen-bond donors (Lipinski definition) is 1. The van der Waals surface area contributed by atoms with Gasteiger partial charge in [0.2, 0.25) is 0 Å². The highest BCUT2D eigenvalue weighted by molar-refractivity contribution is 7.71. The summed E-state index contributed by atoms with van der Waals surface area (Å²) in [7, 11) is 0. The molecular weight excluding hydrogens is 228 g/mol. The van der Waals surface area contributed by atoms with Crippen molar-refractivity contribution in [2.75, 3.05) is 0 Å². The molecule has 2 aromatic rings. The summed E-state index contributed by atoms with van der Waals surface area (Å²) < 4.78 is 2.92. The molecule has 90 valence electrons. The summed E-state index contributed by atoms with van der Waals surface area (Å²) in [5.41, 5.74) is 3.80. The van der Waals surface area contributed by atoms with Crippen LogP contribution in [-0.4, -0.2) is 9.78 Å². The molecule has 0 bridgehead atoms. The number of rotatable bonds is 4. The van der Waals surface area contributed by atoms with Gasteiger partial charge >= 0.3 is 0 Å². The van der Waals surface area contributed by atoms with Crippen LogP contribution in [0.15, 0.2) is 30.3 Å². The lowest BCUT2D eigenvalue weighted by Crippen LogP contribution is -2.02. The Balaban J connectivity index is 2.21. The van der Waals surface area contributed by atoms with Crippen molar-refractivity contribution in [3.05, 3.63) is 51.8 Å². The van der Waals surface area contributed by atoms with E-state index in [0.717, 1.165) is 24.0 Å². The first-order chi connectivity index (χ1) is 8.19. The van der Waals surface area contributed by atoms with Crippen LogP contribution in [0.25, 0.3) is 0 Å². The molecule has 0 aliphatic rings. The lowest BCUT2D eigenvalue weighted by atomic mass is 10.1. The molecule has 3 heteroatoms. The zero-order valence-corrected chi connectivity index (χ0v) is 11.2. The number of nitrogens with zero attached hydrogens (tertiary/aromatic N) is 1. The van der Waals surface area contributed by atoms with Gasteiger partial charge < -0.3 is 5.10 Å². The van der Waals surface area contributed by atoms with Crippen molar-refractivity contribution >= 4 is 12.2 Å². The van der Waals surface area contributed by atoms with Crippen LogP contribution in [0.2, 0.25) is 0 Å². The molecule has 1 N–H and O–H groups in total. The maximum Gasteiger partial charge on any atom is 0.122 e. The molecule has 1 aromatic carbocycles. The largest absolute Gasteiger partial charge is 0.301 e. The van der Waals surface area contributed by atoms with E-state index in [2.05, 4.69) is 49.3 Å². The summed E-state index contributed by atoms with van der Waals surface area (Å²) in [6.45, 7) is 5.11. The number of benzene rings is 1. The standard InChI is InChI=1S/C14H18N2S/c1-3-5-13-9-14(17)16(15-13)10-12-7-4-6-11(2)8-12/h4,6-9,15H,3,5,10H2,1-2H3. The van der Waals surface area contributed by atoms with Crippen molar-refractivity contribution < 1.29 is 0 Å². The first-order valence-electron chi connectivity index (χ1n) is 6.03. The molecule has 2 rings (SSSR count). The molecule has 1 heterocycles. The van der Waals surface area contributed by atoms with Gasteiger partial charge in [-0.15, -0.1) is 0 Å². The summed E-state index contributed by atoms with van der Waals surface area (Å²) in [6, 6.07) is 10.6. The molecule has 0 unspecified atom stereocenters. The Kier molecular flexibility index (Phi) is 3.79. The van der Waals surface area contributed by atoms with Crippen LogP contribution in [0.3, 0.4) is 0 Å². The number of nitrogens with one attached hydrogen (secondary N) is 1. The van der Waals surface area contributed by atoms with E-state index >= 15 is 0 Å². The second-order valence-corrected chi connectivity index (χ2v) is 4.86. The first-order valence-corrected chi connectivity index (χ1v) is 6.44. The van der Waals surface area contributed by atoms with E-state index in [9.17, 15) is 0 Å². The summed E-state index contributed by atoms with van der Waals surface area (Å²) in [5, 5.41) is 3.36. The summed E-state index contributed by atoms with van der Waals surface area (Å²) >= 11 is 5.35. The molecule has 0 aliphatic heterocycles. The van der Waals surface area contributed by atoms with Crippen LogP contribution < -0.4 is 0 Å². The molecule has 0 fully saturated rings.